The summed E-state index contributed by atoms with van der Waals surface area (Å²) in [4.78, 5) is 28.3. The molecule has 0 saturated carbocycles. The Kier molecular flexibility index (Phi) is 5.09. The van der Waals surface area contributed by atoms with Gasteiger partial charge < -0.3 is 16.0 Å². The zero-order chi connectivity index (χ0) is 17.6. The van der Waals surface area contributed by atoms with Gasteiger partial charge >= 0.3 is 0 Å². The van der Waals surface area contributed by atoms with Crippen LogP contribution in [0.2, 0.25) is 0 Å². The van der Waals surface area contributed by atoms with Gasteiger partial charge in [-0.1, -0.05) is 18.2 Å². The third-order valence-corrected chi connectivity index (χ3v) is 3.77. The molecule has 0 atom stereocenters. The van der Waals surface area contributed by atoms with Crippen LogP contribution in [0, 0.1) is 0 Å². The number of hydrogen-bond acceptors (Lipinski definition) is 4. The highest BCUT2D eigenvalue weighted by Crippen LogP contribution is 2.19. The summed E-state index contributed by atoms with van der Waals surface area (Å²) >= 11 is 0. The number of carbonyl (C=O) groups is 2. The molecule has 1 heterocycles. The van der Waals surface area contributed by atoms with Crippen LogP contribution in [0.4, 0.5) is 11.4 Å². The number of para-hydroxylation sites is 1. The van der Waals surface area contributed by atoms with Crippen molar-refractivity contribution in [3.8, 4) is 0 Å². The van der Waals surface area contributed by atoms with Gasteiger partial charge in [0.25, 0.3) is 5.91 Å². The van der Waals surface area contributed by atoms with Crippen LogP contribution in [0.1, 0.15) is 29.3 Å². The summed E-state index contributed by atoms with van der Waals surface area (Å²) < 4.78 is 0. The molecule has 0 spiro atoms. The lowest BCUT2D eigenvalue weighted by molar-refractivity contribution is -0.114. The van der Waals surface area contributed by atoms with Crippen molar-refractivity contribution in [3.05, 3.63) is 59.7 Å². The molecule has 1 aliphatic rings. The van der Waals surface area contributed by atoms with Crippen LogP contribution >= 0.6 is 0 Å². The molecule has 2 amide bonds. The fraction of sp³-hybridized carbons (Fsp3) is 0.211. The van der Waals surface area contributed by atoms with E-state index in [-0.39, 0.29) is 11.8 Å². The van der Waals surface area contributed by atoms with Gasteiger partial charge in [0.1, 0.15) is 5.84 Å². The normalized spacial score (nSPS) is 13.4. The standard InChI is InChI=1S/C19H20N4O2/c1-13(24)22-15-7-4-6-14(12-15)19(25)23-17-9-3-2-8-16(17)18-20-10-5-11-21-18/h2-4,6-9,12H,5,10-11H2,1H3,(H,20,21)(H,22,24)(H,23,25). The summed E-state index contributed by atoms with van der Waals surface area (Å²) in [5.41, 5.74) is 2.63. The van der Waals surface area contributed by atoms with Crippen LogP contribution in [0.15, 0.2) is 53.5 Å². The number of nitrogens with zero attached hydrogens (tertiary/aromatic N) is 1. The van der Waals surface area contributed by atoms with Crippen molar-refractivity contribution in [2.45, 2.75) is 13.3 Å². The third kappa shape index (κ3) is 4.23. The van der Waals surface area contributed by atoms with Crippen molar-refractivity contribution in [1.82, 2.24) is 5.32 Å². The molecule has 0 radical (unpaired) electrons. The van der Waals surface area contributed by atoms with Crippen molar-refractivity contribution >= 4 is 29.0 Å². The largest absolute Gasteiger partial charge is 0.370 e. The molecule has 0 saturated heterocycles. The van der Waals surface area contributed by atoms with Gasteiger partial charge in [0.15, 0.2) is 0 Å². The van der Waals surface area contributed by atoms with E-state index in [0.717, 1.165) is 30.9 Å². The first-order chi connectivity index (χ1) is 12.1. The molecular weight excluding hydrogens is 316 g/mol. The smallest absolute Gasteiger partial charge is 0.255 e. The monoisotopic (exact) mass is 336 g/mol. The fourth-order valence-electron chi connectivity index (χ4n) is 2.65. The summed E-state index contributed by atoms with van der Waals surface area (Å²) in [5.74, 6) is 0.384. The minimum absolute atomic E-state index is 0.177. The summed E-state index contributed by atoms with van der Waals surface area (Å²) in [5, 5.41) is 8.88. The minimum atomic E-state index is -0.240. The third-order valence-electron chi connectivity index (χ3n) is 3.77. The second-order valence-electron chi connectivity index (χ2n) is 5.77. The topological polar surface area (TPSA) is 82.6 Å². The van der Waals surface area contributed by atoms with Gasteiger partial charge in [-0.3, -0.25) is 14.6 Å². The molecule has 0 bridgehead atoms. The summed E-state index contributed by atoms with van der Waals surface area (Å²) in [7, 11) is 0. The van der Waals surface area contributed by atoms with Gasteiger partial charge in [-0.05, 0) is 36.8 Å². The summed E-state index contributed by atoms with van der Waals surface area (Å²) in [6.07, 6.45) is 1.01. The molecular formula is C19H20N4O2. The van der Waals surface area contributed by atoms with Gasteiger partial charge in [-0.15, -0.1) is 0 Å². The molecule has 2 aromatic carbocycles. The first-order valence-electron chi connectivity index (χ1n) is 8.20. The molecule has 0 aliphatic carbocycles. The van der Waals surface area contributed by atoms with Gasteiger partial charge in [0.2, 0.25) is 5.91 Å². The van der Waals surface area contributed by atoms with E-state index in [1.165, 1.54) is 6.92 Å². The van der Waals surface area contributed by atoms with Gasteiger partial charge in [0, 0.05) is 36.8 Å². The number of benzene rings is 2. The first kappa shape index (κ1) is 16.7. The minimum Gasteiger partial charge on any atom is -0.370 e. The van der Waals surface area contributed by atoms with E-state index >= 15 is 0 Å². The average molecular weight is 336 g/mol. The number of hydrogen-bond donors (Lipinski definition) is 3. The Hall–Kier alpha value is -3.15. The Morgan fingerprint density at radius 2 is 1.92 bits per heavy atom. The van der Waals surface area contributed by atoms with Crippen molar-refractivity contribution in [2.75, 3.05) is 23.7 Å². The van der Waals surface area contributed by atoms with E-state index in [9.17, 15) is 9.59 Å². The van der Waals surface area contributed by atoms with E-state index in [1.807, 2.05) is 24.3 Å². The molecule has 25 heavy (non-hydrogen) atoms. The Morgan fingerprint density at radius 3 is 2.68 bits per heavy atom. The zero-order valence-electron chi connectivity index (χ0n) is 14.0. The molecule has 0 fully saturated rings. The SMILES string of the molecule is CC(=O)Nc1cccc(C(=O)Nc2ccccc2C2=NCCCN2)c1. The highest BCUT2D eigenvalue weighted by molar-refractivity contribution is 6.10. The number of nitrogens with one attached hydrogen (secondary N) is 3. The van der Waals surface area contributed by atoms with E-state index in [1.54, 1.807) is 24.3 Å². The van der Waals surface area contributed by atoms with Crippen LogP contribution in [0.5, 0.6) is 0 Å². The number of amidine groups is 1. The van der Waals surface area contributed by atoms with Gasteiger partial charge in [-0.25, -0.2) is 0 Å². The summed E-state index contributed by atoms with van der Waals surface area (Å²) in [6, 6.07) is 14.4. The van der Waals surface area contributed by atoms with Crippen LogP contribution in [-0.2, 0) is 4.79 Å². The molecule has 1 aliphatic heterocycles. The first-order valence-corrected chi connectivity index (χ1v) is 8.20. The molecule has 0 unspecified atom stereocenters. The van der Waals surface area contributed by atoms with Crippen molar-refractivity contribution in [2.24, 2.45) is 4.99 Å². The molecule has 6 nitrogen and oxygen atoms in total. The Labute approximate surface area is 146 Å². The van der Waals surface area contributed by atoms with E-state index < -0.39 is 0 Å². The Morgan fingerprint density at radius 1 is 1.08 bits per heavy atom. The van der Waals surface area contributed by atoms with Crippen molar-refractivity contribution in [1.29, 1.82) is 0 Å². The molecule has 2 aromatic rings. The van der Waals surface area contributed by atoms with Crippen LogP contribution in [0.25, 0.3) is 0 Å². The molecule has 128 valence electrons. The lowest BCUT2D eigenvalue weighted by Gasteiger charge is -2.18. The number of amides is 2. The molecule has 6 heteroatoms. The summed E-state index contributed by atoms with van der Waals surface area (Å²) in [6.45, 7) is 3.09. The fourth-order valence-corrected chi connectivity index (χ4v) is 2.65. The van der Waals surface area contributed by atoms with E-state index in [4.69, 9.17) is 0 Å². The van der Waals surface area contributed by atoms with Crippen LogP contribution in [0.3, 0.4) is 0 Å². The van der Waals surface area contributed by atoms with E-state index in [0.29, 0.717) is 16.9 Å². The van der Waals surface area contributed by atoms with E-state index in [2.05, 4.69) is 20.9 Å². The van der Waals surface area contributed by atoms with Crippen molar-refractivity contribution < 1.29 is 9.59 Å². The second kappa shape index (κ2) is 7.61. The molecule has 3 rings (SSSR count). The maximum Gasteiger partial charge on any atom is 0.255 e. The number of aliphatic imine (C=N–C) groups is 1. The number of anilines is 2. The van der Waals surface area contributed by atoms with Crippen LogP contribution in [-0.4, -0.2) is 30.7 Å². The number of rotatable bonds is 4. The van der Waals surface area contributed by atoms with Crippen LogP contribution < -0.4 is 16.0 Å². The lowest BCUT2D eigenvalue weighted by Crippen LogP contribution is -2.31. The number of carbonyl (C=O) groups excluding carboxylic acids is 2. The highest BCUT2D eigenvalue weighted by Gasteiger charge is 2.14. The maximum atomic E-state index is 12.6. The Bertz CT molecular complexity index is 830. The van der Waals surface area contributed by atoms with Gasteiger partial charge in [-0.2, -0.15) is 0 Å². The molecule has 3 N–H and O–H groups in total. The van der Waals surface area contributed by atoms with Crippen molar-refractivity contribution in [3.63, 3.8) is 0 Å². The second-order valence-corrected chi connectivity index (χ2v) is 5.77. The molecule has 0 aromatic heterocycles. The average Bonchev–Trinajstić information content (AvgIpc) is 2.62. The van der Waals surface area contributed by atoms with Gasteiger partial charge in [0.05, 0.1) is 5.69 Å². The predicted octanol–water partition coefficient (Wildman–Crippen LogP) is 2.64. The lowest BCUT2D eigenvalue weighted by atomic mass is 10.1. The quantitative estimate of drug-likeness (QED) is 0.803. The Balaban J connectivity index is 1.82. The maximum absolute atomic E-state index is 12.6. The zero-order valence-corrected chi connectivity index (χ0v) is 14.0. The predicted molar refractivity (Wildman–Crippen MR) is 99.2 cm³/mol. The highest BCUT2D eigenvalue weighted by atomic mass is 16.2.